The van der Waals surface area contributed by atoms with Crippen LogP contribution in [0.2, 0.25) is 0 Å². The molecule has 222 valence electrons. The highest BCUT2D eigenvalue weighted by atomic mass is 16.5. The van der Waals surface area contributed by atoms with Gasteiger partial charge in [0.1, 0.15) is 11.5 Å². The van der Waals surface area contributed by atoms with E-state index in [1.165, 1.54) is 83.1 Å². The first-order valence-electron chi connectivity index (χ1n) is 16.7. The van der Waals surface area contributed by atoms with Crippen LogP contribution in [0, 0.1) is 0 Å². The van der Waals surface area contributed by atoms with Gasteiger partial charge in [-0.1, -0.05) is 152 Å². The molecule has 1 nitrogen and oxygen atoms in total. The molecule has 0 unspecified atom stereocenters. The Morgan fingerprint density at radius 1 is 0.333 bits per heavy atom. The zero-order valence-corrected chi connectivity index (χ0v) is 26.1. The van der Waals surface area contributed by atoms with Gasteiger partial charge in [0.25, 0.3) is 0 Å². The Kier molecular flexibility index (Phi) is 5.10. The molecule has 0 saturated heterocycles. The lowest BCUT2D eigenvalue weighted by atomic mass is 9.70. The van der Waals surface area contributed by atoms with Crippen LogP contribution in [-0.2, 0) is 5.41 Å². The van der Waals surface area contributed by atoms with Crippen molar-refractivity contribution in [2.45, 2.75) is 5.41 Å². The van der Waals surface area contributed by atoms with Gasteiger partial charge in [0.15, 0.2) is 0 Å². The van der Waals surface area contributed by atoms with Gasteiger partial charge < -0.3 is 4.74 Å². The van der Waals surface area contributed by atoms with Crippen LogP contribution in [-0.4, -0.2) is 0 Å². The standard InChI is InChI=1S/C47H28O/c1-4-17-39-34(12-1)35-13-2-5-18-40(35)47(39)41-19-6-3-14-37(41)46-33(15-9-20-42(46)47)30-24-22-29(23-25-30)32-26-27-43-38(28-32)36-16-7-10-31-11-8-21-44(48-43)45(31)36/h1-28H. The molecule has 1 heterocycles. The monoisotopic (exact) mass is 608 g/mol. The van der Waals surface area contributed by atoms with E-state index >= 15 is 0 Å². The number of ether oxygens (including phenoxy) is 1. The summed E-state index contributed by atoms with van der Waals surface area (Å²) in [7, 11) is 0. The average Bonchev–Trinajstić information content (AvgIpc) is 3.63. The van der Waals surface area contributed by atoms with Crippen LogP contribution in [0.15, 0.2) is 170 Å². The van der Waals surface area contributed by atoms with Gasteiger partial charge in [0, 0.05) is 10.9 Å². The molecular weight excluding hydrogens is 581 g/mol. The van der Waals surface area contributed by atoms with Crippen molar-refractivity contribution in [1.29, 1.82) is 0 Å². The van der Waals surface area contributed by atoms with Crippen molar-refractivity contribution in [3.8, 4) is 67.1 Å². The molecule has 3 aliphatic rings. The number of rotatable bonds is 2. The average molecular weight is 609 g/mol. The predicted octanol–water partition coefficient (Wildman–Crippen LogP) is 12.3. The summed E-state index contributed by atoms with van der Waals surface area (Å²) in [4.78, 5) is 0. The van der Waals surface area contributed by atoms with Crippen molar-refractivity contribution < 1.29 is 4.74 Å². The lowest BCUT2D eigenvalue weighted by Crippen LogP contribution is -2.25. The summed E-state index contributed by atoms with van der Waals surface area (Å²) < 4.78 is 6.37. The molecule has 0 N–H and O–H groups in total. The van der Waals surface area contributed by atoms with Crippen LogP contribution in [0.5, 0.6) is 11.5 Å². The lowest BCUT2D eigenvalue weighted by Gasteiger charge is -2.30. The molecule has 0 saturated carbocycles. The normalized spacial score (nSPS) is 13.8. The highest BCUT2D eigenvalue weighted by molar-refractivity contribution is 6.05. The molecule has 0 amide bonds. The minimum atomic E-state index is -0.332. The van der Waals surface area contributed by atoms with Gasteiger partial charge in [-0.15, -0.1) is 0 Å². The van der Waals surface area contributed by atoms with E-state index in [4.69, 9.17) is 4.74 Å². The Morgan fingerprint density at radius 3 is 1.62 bits per heavy atom. The molecule has 0 bridgehead atoms. The molecule has 0 fully saturated rings. The summed E-state index contributed by atoms with van der Waals surface area (Å²) in [6.45, 7) is 0. The first-order valence-corrected chi connectivity index (χ1v) is 16.7. The molecule has 1 aliphatic heterocycles. The number of hydrogen-bond acceptors (Lipinski definition) is 1. The zero-order valence-electron chi connectivity index (χ0n) is 26.1. The van der Waals surface area contributed by atoms with Gasteiger partial charge >= 0.3 is 0 Å². The SMILES string of the molecule is c1ccc2c(c1)-c1ccccc1C21c2ccccc2-c2c(-c3ccc(-c4ccc5c(c4)-c4cccc6cccc(c46)O5)cc3)cccc21. The molecule has 48 heavy (non-hydrogen) atoms. The Balaban J connectivity index is 1.06. The van der Waals surface area contributed by atoms with Gasteiger partial charge in [-0.25, -0.2) is 0 Å². The Morgan fingerprint density at radius 2 is 0.875 bits per heavy atom. The maximum absolute atomic E-state index is 6.37. The maximum atomic E-state index is 6.37. The topological polar surface area (TPSA) is 9.23 Å². The minimum absolute atomic E-state index is 0.332. The van der Waals surface area contributed by atoms with Crippen molar-refractivity contribution in [1.82, 2.24) is 0 Å². The predicted molar refractivity (Wildman–Crippen MR) is 197 cm³/mol. The molecule has 0 radical (unpaired) electrons. The quantitative estimate of drug-likeness (QED) is 0.190. The fourth-order valence-corrected chi connectivity index (χ4v) is 8.97. The van der Waals surface area contributed by atoms with E-state index in [0.717, 1.165) is 17.1 Å². The zero-order chi connectivity index (χ0) is 31.4. The number of hydrogen-bond donors (Lipinski definition) is 0. The van der Waals surface area contributed by atoms with Gasteiger partial charge in [0.05, 0.1) is 5.41 Å². The summed E-state index contributed by atoms with van der Waals surface area (Å²) >= 11 is 0. The highest BCUT2D eigenvalue weighted by Gasteiger charge is 2.51. The van der Waals surface area contributed by atoms with Crippen LogP contribution in [0.4, 0.5) is 0 Å². The Labute approximate surface area is 279 Å². The highest BCUT2D eigenvalue weighted by Crippen LogP contribution is 2.64. The van der Waals surface area contributed by atoms with Gasteiger partial charge in [-0.3, -0.25) is 0 Å². The van der Waals surface area contributed by atoms with Crippen LogP contribution < -0.4 is 4.74 Å². The molecule has 2 aliphatic carbocycles. The smallest absolute Gasteiger partial charge is 0.135 e. The third kappa shape index (κ3) is 3.25. The summed E-state index contributed by atoms with van der Waals surface area (Å²) in [6.07, 6.45) is 0. The third-order valence-corrected chi connectivity index (χ3v) is 10.9. The summed E-state index contributed by atoms with van der Waals surface area (Å²) in [5, 5.41) is 2.39. The van der Waals surface area contributed by atoms with E-state index < -0.39 is 0 Å². The summed E-state index contributed by atoms with van der Waals surface area (Å²) in [5.41, 5.74) is 17.7. The first-order chi connectivity index (χ1) is 23.8. The van der Waals surface area contributed by atoms with E-state index in [2.05, 4.69) is 170 Å². The van der Waals surface area contributed by atoms with E-state index in [1.807, 2.05) is 0 Å². The Bertz CT molecular complexity index is 2590. The Hall–Kier alpha value is -6.18. The van der Waals surface area contributed by atoms with Crippen molar-refractivity contribution in [2.75, 3.05) is 0 Å². The van der Waals surface area contributed by atoms with Crippen molar-refractivity contribution in [2.24, 2.45) is 0 Å². The maximum Gasteiger partial charge on any atom is 0.135 e. The van der Waals surface area contributed by atoms with Crippen LogP contribution in [0.1, 0.15) is 22.3 Å². The van der Waals surface area contributed by atoms with Gasteiger partial charge in [0.2, 0.25) is 0 Å². The second kappa shape index (κ2) is 9.44. The van der Waals surface area contributed by atoms with Crippen molar-refractivity contribution in [3.63, 3.8) is 0 Å². The van der Waals surface area contributed by atoms with Crippen molar-refractivity contribution in [3.05, 3.63) is 192 Å². The molecule has 1 spiro atoms. The molecule has 8 aromatic rings. The molecule has 0 aromatic heterocycles. The van der Waals surface area contributed by atoms with Gasteiger partial charge in [-0.05, 0) is 95.9 Å². The number of fused-ring (bicyclic) bond motifs is 12. The van der Waals surface area contributed by atoms with E-state index in [1.54, 1.807) is 0 Å². The first kappa shape index (κ1) is 25.9. The van der Waals surface area contributed by atoms with E-state index in [9.17, 15) is 0 Å². The fraction of sp³-hybridized carbons (Fsp3) is 0.0213. The van der Waals surface area contributed by atoms with Crippen LogP contribution >= 0.6 is 0 Å². The lowest BCUT2D eigenvalue weighted by molar-refractivity contribution is 0.487. The second-order valence-electron chi connectivity index (χ2n) is 13.2. The van der Waals surface area contributed by atoms with Crippen LogP contribution in [0.25, 0.3) is 66.4 Å². The van der Waals surface area contributed by atoms with Crippen molar-refractivity contribution >= 4 is 10.8 Å². The summed E-state index contributed by atoms with van der Waals surface area (Å²) in [6, 6.07) is 62.4. The molecule has 0 atom stereocenters. The van der Waals surface area contributed by atoms with Gasteiger partial charge in [-0.2, -0.15) is 0 Å². The molecule has 11 rings (SSSR count). The van der Waals surface area contributed by atoms with E-state index in [-0.39, 0.29) is 5.41 Å². The second-order valence-corrected chi connectivity index (χ2v) is 13.2. The summed E-state index contributed by atoms with van der Waals surface area (Å²) in [5.74, 6) is 1.83. The largest absolute Gasteiger partial charge is 0.456 e. The van der Waals surface area contributed by atoms with E-state index in [0.29, 0.717) is 0 Å². The third-order valence-electron chi connectivity index (χ3n) is 10.9. The fourth-order valence-electron chi connectivity index (χ4n) is 8.97. The molecule has 8 aromatic carbocycles. The number of benzene rings is 8. The molecule has 1 heteroatoms. The molecular formula is C47H28O. The van der Waals surface area contributed by atoms with Crippen LogP contribution in [0.3, 0.4) is 0 Å². The minimum Gasteiger partial charge on any atom is -0.456 e.